The van der Waals surface area contributed by atoms with Crippen molar-refractivity contribution in [2.75, 3.05) is 38.9 Å². The van der Waals surface area contributed by atoms with Crippen molar-refractivity contribution in [3.05, 3.63) is 191 Å². The van der Waals surface area contributed by atoms with Crippen LogP contribution in [0.5, 0.6) is 17.2 Å². The first-order valence-corrected chi connectivity index (χ1v) is 22.9. The van der Waals surface area contributed by atoms with Crippen molar-refractivity contribution >= 4 is 29.5 Å². The van der Waals surface area contributed by atoms with Gasteiger partial charge in [-0.1, -0.05) is 127 Å². The second-order valence-corrected chi connectivity index (χ2v) is 17.6. The number of nitrogens with one attached hydrogen (secondary N) is 1. The van der Waals surface area contributed by atoms with Crippen LogP contribution in [0, 0.1) is 5.92 Å². The van der Waals surface area contributed by atoms with Crippen molar-refractivity contribution in [1.29, 1.82) is 0 Å². The maximum atomic E-state index is 16.7. The number of fused-ring (bicyclic) bond motifs is 4. The minimum Gasteiger partial charge on any atom is -0.493 e. The molecule has 0 saturated carbocycles. The molecule has 7 atom stereocenters. The van der Waals surface area contributed by atoms with Gasteiger partial charge in [-0.25, -0.2) is 9.69 Å². The van der Waals surface area contributed by atoms with Crippen molar-refractivity contribution in [2.24, 2.45) is 5.92 Å². The van der Waals surface area contributed by atoms with Crippen LogP contribution in [0.25, 0.3) is 0 Å². The van der Waals surface area contributed by atoms with E-state index in [-0.39, 0.29) is 32.0 Å². The average molecular weight is 913 g/mol. The normalized spacial score (nSPS) is 23.3. The number of amides is 4. The third-order valence-electron chi connectivity index (χ3n) is 14.1. The number of carbonyl (C=O) groups excluding carboxylic acids is 4. The number of cyclic esters (lactones) is 1. The molecule has 6 aromatic carbocycles. The third-order valence-corrected chi connectivity index (χ3v) is 14.1. The quantitative estimate of drug-likeness (QED) is 0.124. The molecule has 0 aliphatic carbocycles. The zero-order valence-electron chi connectivity index (χ0n) is 38.0. The van der Waals surface area contributed by atoms with E-state index in [1.165, 1.54) is 0 Å². The monoisotopic (exact) mass is 912 g/mol. The topological polar surface area (TPSA) is 147 Å². The van der Waals surface area contributed by atoms with Gasteiger partial charge in [0.25, 0.3) is 0 Å². The SMILES string of the molecule is COc1cc2c(cc1OC)CN(C(=O)[C@H]1[C@@H]3C(=O)O[C@@H](c4ccccc4)[C@@H](c4ccccc4)N3[C@@H](c3ccccc3OCCO)[C@]13C(=O)N(C(=O)N[C@H](C)c1ccccc1)c1ccccc13)CC2. The summed E-state index contributed by atoms with van der Waals surface area (Å²) < 4.78 is 24.3. The minimum atomic E-state index is -1.96. The molecule has 13 heteroatoms. The van der Waals surface area contributed by atoms with E-state index >= 15 is 19.2 Å². The highest BCUT2D eigenvalue weighted by Gasteiger charge is 2.76. The Morgan fingerprint density at radius 2 is 1.38 bits per heavy atom. The number of imide groups is 1. The number of hydrogen-bond donors (Lipinski definition) is 2. The van der Waals surface area contributed by atoms with Crippen LogP contribution in [0.15, 0.2) is 152 Å². The Bertz CT molecular complexity index is 2860. The number of anilines is 1. The zero-order chi connectivity index (χ0) is 47.1. The molecule has 6 aromatic rings. The lowest BCUT2D eigenvalue weighted by Gasteiger charge is -2.46. The Labute approximate surface area is 394 Å². The maximum absolute atomic E-state index is 16.7. The largest absolute Gasteiger partial charge is 0.493 e. The molecule has 4 heterocycles. The molecular formula is C55H52N4O9. The second-order valence-electron chi connectivity index (χ2n) is 17.6. The molecule has 68 heavy (non-hydrogen) atoms. The number of methoxy groups -OCH3 is 2. The van der Waals surface area contributed by atoms with Crippen LogP contribution < -0.4 is 24.4 Å². The molecule has 4 aliphatic heterocycles. The molecule has 0 unspecified atom stereocenters. The fourth-order valence-electron chi connectivity index (χ4n) is 11.2. The van der Waals surface area contributed by atoms with Crippen molar-refractivity contribution in [2.45, 2.75) is 55.6 Å². The van der Waals surface area contributed by atoms with Crippen molar-refractivity contribution in [3.8, 4) is 17.2 Å². The fourth-order valence-corrected chi connectivity index (χ4v) is 11.2. The van der Waals surface area contributed by atoms with Crippen molar-refractivity contribution < 1.29 is 43.2 Å². The highest BCUT2D eigenvalue weighted by atomic mass is 16.6. The lowest BCUT2D eigenvalue weighted by molar-refractivity contribution is -0.179. The van der Waals surface area contributed by atoms with E-state index in [0.717, 1.165) is 27.2 Å². The molecule has 4 amide bonds. The number of hydrogen-bond acceptors (Lipinski definition) is 10. The first-order chi connectivity index (χ1) is 33.2. The summed E-state index contributed by atoms with van der Waals surface area (Å²) in [7, 11) is 3.13. The van der Waals surface area contributed by atoms with Gasteiger partial charge in [-0.05, 0) is 71.0 Å². The van der Waals surface area contributed by atoms with Crippen molar-refractivity contribution in [3.63, 3.8) is 0 Å². The number of esters is 1. The molecule has 0 radical (unpaired) electrons. The number of benzene rings is 6. The Morgan fingerprint density at radius 3 is 2.07 bits per heavy atom. The number of para-hydroxylation sites is 2. The highest BCUT2D eigenvalue weighted by molar-refractivity contribution is 6.24. The van der Waals surface area contributed by atoms with Crippen LogP contribution in [0.4, 0.5) is 10.5 Å². The minimum absolute atomic E-state index is 0.0722. The van der Waals surface area contributed by atoms with Gasteiger partial charge < -0.3 is 34.3 Å². The number of aliphatic hydroxyl groups is 1. The Hall–Kier alpha value is -7.48. The molecule has 13 nitrogen and oxygen atoms in total. The van der Waals surface area contributed by atoms with Gasteiger partial charge in [0.2, 0.25) is 11.8 Å². The van der Waals surface area contributed by atoms with E-state index in [0.29, 0.717) is 40.4 Å². The summed E-state index contributed by atoms with van der Waals surface area (Å²) in [5, 5.41) is 13.2. The predicted octanol–water partition coefficient (Wildman–Crippen LogP) is 7.80. The molecule has 2 fully saturated rings. The molecule has 0 bridgehead atoms. The number of aliphatic hydroxyl groups excluding tert-OH is 1. The number of rotatable bonds is 11. The van der Waals surface area contributed by atoms with E-state index < -0.39 is 65.4 Å². The molecule has 4 aliphatic rings. The average Bonchev–Trinajstić information content (AvgIpc) is 3.84. The van der Waals surface area contributed by atoms with E-state index in [9.17, 15) is 5.11 Å². The maximum Gasteiger partial charge on any atom is 0.329 e. The second kappa shape index (κ2) is 18.3. The third kappa shape index (κ3) is 7.24. The predicted molar refractivity (Wildman–Crippen MR) is 253 cm³/mol. The summed E-state index contributed by atoms with van der Waals surface area (Å²) in [6.07, 6.45) is -0.441. The van der Waals surface area contributed by atoms with Crippen molar-refractivity contribution in [1.82, 2.24) is 15.1 Å². The van der Waals surface area contributed by atoms with Gasteiger partial charge in [0, 0.05) is 18.7 Å². The lowest BCUT2D eigenvalue weighted by Crippen LogP contribution is -2.57. The first kappa shape index (κ1) is 44.4. The smallest absolute Gasteiger partial charge is 0.329 e. The van der Waals surface area contributed by atoms with Gasteiger partial charge in [0.15, 0.2) is 11.5 Å². The highest BCUT2D eigenvalue weighted by Crippen LogP contribution is 2.67. The Kier molecular flexibility index (Phi) is 11.9. The fraction of sp³-hybridized carbons (Fsp3) is 0.273. The van der Waals surface area contributed by atoms with Crippen LogP contribution in [-0.4, -0.2) is 78.7 Å². The number of ether oxygens (including phenoxy) is 4. The summed E-state index contributed by atoms with van der Waals surface area (Å²) >= 11 is 0. The van der Waals surface area contributed by atoms with Gasteiger partial charge in [0.05, 0.1) is 50.6 Å². The van der Waals surface area contributed by atoms with Crippen LogP contribution in [0.2, 0.25) is 0 Å². The van der Waals surface area contributed by atoms with Crippen LogP contribution in [0.3, 0.4) is 0 Å². The number of morpholine rings is 1. The Balaban J connectivity index is 1.24. The molecule has 10 rings (SSSR count). The molecule has 1 spiro atoms. The van der Waals surface area contributed by atoms with Gasteiger partial charge in [-0.2, -0.15) is 0 Å². The summed E-state index contributed by atoms with van der Waals surface area (Å²) in [6, 6.07) is 42.2. The van der Waals surface area contributed by atoms with Gasteiger partial charge >= 0.3 is 12.0 Å². The van der Waals surface area contributed by atoms with Crippen LogP contribution in [0.1, 0.15) is 70.1 Å². The number of nitrogens with zero attached hydrogens (tertiary/aromatic N) is 3. The number of carbonyl (C=O) groups is 4. The molecular weight excluding hydrogens is 861 g/mol. The van der Waals surface area contributed by atoms with Crippen LogP contribution in [-0.2, 0) is 37.5 Å². The summed E-state index contributed by atoms with van der Waals surface area (Å²) in [6.45, 7) is 1.89. The van der Waals surface area contributed by atoms with Crippen LogP contribution >= 0.6 is 0 Å². The number of urea groups is 1. The van der Waals surface area contributed by atoms with Gasteiger partial charge in [-0.3, -0.25) is 19.3 Å². The zero-order valence-corrected chi connectivity index (χ0v) is 38.0. The van der Waals surface area contributed by atoms with E-state index in [4.69, 9.17) is 18.9 Å². The van der Waals surface area contributed by atoms with Gasteiger partial charge in [-0.15, -0.1) is 0 Å². The molecule has 2 saturated heterocycles. The standard InChI is InChI=1S/C55H52N4O9/c1-34(35-17-7-4-8-18-35)56-54(64)58-42-25-15-14-24-41(42)55(53(58)63)46(51(61)57-28-27-38-31-44(65-2)45(66-3)32-39(38)33-57)48-52(62)68-49(37-21-11-6-12-22-37)47(36-19-9-5-10-20-36)59(48)50(55)40-23-13-16-26-43(40)67-30-29-60/h4-26,31-32,34,46-50,60H,27-30,33H2,1-3H3,(H,56,64)/t34-,46-,47-,48-,49+,50+,55-/m1/s1. The summed E-state index contributed by atoms with van der Waals surface area (Å²) in [5.74, 6) is -1.85. The first-order valence-electron chi connectivity index (χ1n) is 22.9. The van der Waals surface area contributed by atoms with E-state index in [2.05, 4.69) is 5.32 Å². The molecule has 346 valence electrons. The lowest BCUT2D eigenvalue weighted by atomic mass is 9.65. The summed E-state index contributed by atoms with van der Waals surface area (Å²) in [5.41, 5.74) is 3.36. The Morgan fingerprint density at radius 1 is 0.765 bits per heavy atom. The van der Waals surface area contributed by atoms with E-state index in [1.54, 1.807) is 55.5 Å². The summed E-state index contributed by atoms with van der Waals surface area (Å²) in [4.78, 5) is 68.5. The molecule has 0 aromatic heterocycles. The van der Waals surface area contributed by atoms with Gasteiger partial charge in [0.1, 0.15) is 29.9 Å². The van der Waals surface area contributed by atoms with E-state index in [1.807, 2.05) is 127 Å². The molecule has 2 N–H and O–H groups in total.